The highest BCUT2D eigenvalue weighted by Crippen LogP contribution is 2.18. The Morgan fingerprint density at radius 1 is 1.53 bits per heavy atom. The molecule has 0 aromatic carbocycles. The summed E-state index contributed by atoms with van der Waals surface area (Å²) in [5, 5.41) is 9.03. The lowest BCUT2D eigenvalue weighted by Crippen LogP contribution is -2.49. The van der Waals surface area contributed by atoms with E-state index < -0.39 is 16.3 Å². The van der Waals surface area contributed by atoms with Crippen LogP contribution in [0.4, 0.5) is 0 Å². The molecule has 6 heteroatoms. The molecule has 0 aliphatic carbocycles. The van der Waals surface area contributed by atoms with Gasteiger partial charge >= 0.3 is 0 Å². The Bertz CT molecular complexity index is 290. The van der Waals surface area contributed by atoms with Crippen LogP contribution in [0.5, 0.6) is 0 Å². The number of nitrogens with one attached hydrogen (secondary N) is 1. The van der Waals surface area contributed by atoms with E-state index in [4.69, 9.17) is 5.11 Å². The average Bonchev–Trinajstić information content (AvgIpc) is 2.15. The van der Waals surface area contributed by atoms with E-state index in [2.05, 4.69) is 4.72 Å². The number of aliphatic hydroxyl groups is 1. The number of rotatable bonds is 4. The smallest absolute Gasteiger partial charge is 0.279 e. The molecular weight excluding hydrogens is 216 g/mol. The van der Waals surface area contributed by atoms with Crippen molar-refractivity contribution in [2.45, 2.75) is 45.3 Å². The molecule has 0 bridgehead atoms. The fourth-order valence-corrected chi connectivity index (χ4v) is 3.30. The van der Waals surface area contributed by atoms with Crippen molar-refractivity contribution in [1.82, 2.24) is 9.03 Å². The topological polar surface area (TPSA) is 69.6 Å². The van der Waals surface area contributed by atoms with Crippen LogP contribution < -0.4 is 4.72 Å². The van der Waals surface area contributed by atoms with Crippen LogP contribution in [0, 0.1) is 0 Å². The minimum atomic E-state index is -3.40. The van der Waals surface area contributed by atoms with Crippen molar-refractivity contribution < 1.29 is 13.5 Å². The predicted molar refractivity (Wildman–Crippen MR) is 58.6 cm³/mol. The Morgan fingerprint density at radius 3 is 2.73 bits per heavy atom. The summed E-state index contributed by atoms with van der Waals surface area (Å²) >= 11 is 0. The molecule has 5 nitrogen and oxygen atoms in total. The van der Waals surface area contributed by atoms with Crippen LogP contribution in [0.15, 0.2) is 0 Å². The van der Waals surface area contributed by atoms with E-state index in [0.29, 0.717) is 6.54 Å². The van der Waals surface area contributed by atoms with Crippen LogP contribution in [0.1, 0.15) is 33.1 Å². The number of piperidine rings is 1. The standard InChI is InChI=1S/C9H20N2O3S/c1-8-5-3-4-6-11(8)15(13,14)10-7-9(2)12/h8-10,12H,3-7H2,1-2H3/t8?,9-/m0/s1. The zero-order valence-electron chi connectivity index (χ0n) is 9.31. The lowest BCUT2D eigenvalue weighted by atomic mass is 10.1. The highest BCUT2D eigenvalue weighted by molar-refractivity contribution is 7.87. The molecule has 1 rings (SSSR count). The van der Waals surface area contributed by atoms with Gasteiger partial charge in [0.05, 0.1) is 6.10 Å². The third-order valence-electron chi connectivity index (χ3n) is 2.61. The maximum Gasteiger partial charge on any atom is 0.279 e. The second-order valence-corrected chi connectivity index (χ2v) is 5.87. The van der Waals surface area contributed by atoms with Crippen molar-refractivity contribution in [3.05, 3.63) is 0 Å². The van der Waals surface area contributed by atoms with Gasteiger partial charge in [0.2, 0.25) is 0 Å². The molecule has 2 atom stereocenters. The van der Waals surface area contributed by atoms with Crippen molar-refractivity contribution in [2.75, 3.05) is 13.1 Å². The van der Waals surface area contributed by atoms with E-state index in [-0.39, 0.29) is 12.6 Å². The van der Waals surface area contributed by atoms with Gasteiger partial charge in [-0.25, -0.2) is 0 Å². The molecule has 1 heterocycles. The summed E-state index contributed by atoms with van der Waals surface area (Å²) in [5.41, 5.74) is 0. The van der Waals surface area contributed by atoms with Gasteiger partial charge in [-0.15, -0.1) is 0 Å². The predicted octanol–water partition coefficient (Wildman–Crippen LogP) is 0.0760. The summed E-state index contributed by atoms with van der Waals surface area (Å²) < 4.78 is 27.5. The van der Waals surface area contributed by atoms with E-state index in [1.807, 2.05) is 6.92 Å². The van der Waals surface area contributed by atoms with Gasteiger partial charge in [0.25, 0.3) is 10.2 Å². The normalized spacial score (nSPS) is 26.5. The van der Waals surface area contributed by atoms with Crippen LogP contribution in [0.3, 0.4) is 0 Å². The number of hydrogen-bond donors (Lipinski definition) is 2. The van der Waals surface area contributed by atoms with Gasteiger partial charge in [-0.2, -0.15) is 17.4 Å². The molecule has 0 spiro atoms. The summed E-state index contributed by atoms with van der Waals surface area (Å²) in [6.45, 7) is 4.13. The van der Waals surface area contributed by atoms with Gasteiger partial charge in [-0.1, -0.05) is 6.42 Å². The molecule has 0 radical (unpaired) electrons. The third kappa shape index (κ3) is 3.71. The molecular formula is C9H20N2O3S. The second-order valence-electron chi connectivity index (χ2n) is 4.16. The molecule has 1 aliphatic rings. The summed E-state index contributed by atoms with van der Waals surface area (Å²) in [7, 11) is -3.40. The second kappa shape index (κ2) is 5.25. The van der Waals surface area contributed by atoms with Gasteiger partial charge < -0.3 is 5.11 Å². The van der Waals surface area contributed by atoms with Gasteiger partial charge in [0.15, 0.2) is 0 Å². The fraction of sp³-hybridized carbons (Fsp3) is 1.00. The molecule has 15 heavy (non-hydrogen) atoms. The summed E-state index contributed by atoms with van der Waals surface area (Å²) in [5.74, 6) is 0. The van der Waals surface area contributed by atoms with E-state index in [1.165, 1.54) is 4.31 Å². The first kappa shape index (κ1) is 12.9. The Morgan fingerprint density at radius 2 is 2.20 bits per heavy atom. The third-order valence-corrected chi connectivity index (χ3v) is 4.30. The molecule has 0 aromatic rings. The molecule has 0 aromatic heterocycles. The Hall–Kier alpha value is -0.170. The highest BCUT2D eigenvalue weighted by atomic mass is 32.2. The SMILES string of the molecule is CC1CCCCN1S(=O)(=O)NC[C@H](C)O. The zero-order chi connectivity index (χ0) is 11.5. The molecule has 1 aliphatic heterocycles. The van der Waals surface area contributed by atoms with Crippen molar-refractivity contribution >= 4 is 10.2 Å². The quantitative estimate of drug-likeness (QED) is 0.726. The fourth-order valence-electron chi connectivity index (χ4n) is 1.74. The van der Waals surface area contributed by atoms with Crippen LogP contribution in [-0.4, -0.2) is 43.1 Å². The van der Waals surface area contributed by atoms with E-state index >= 15 is 0 Å². The van der Waals surface area contributed by atoms with E-state index in [1.54, 1.807) is 6.92 Å². The Labute approximate surface area is 91.7 Å². The maximum absolute atomic E-state index is 11.8. The Kier molecular flexibility index (Phi) is 4.51. The van der Waals surface area contributed by atoms with Crippen LogP contribution in [-0.2, 0) is 10.2 Å². The van der Waals surface area contributed by atoms with Crippen LogP contribution in [0.25, 0.3) is 0 Å². The molecule has 1 fully saturated rings. The zero-order valence-corrected chi connectivity index (χ0v) is 10.1. The van der Waals surface area contributed by atoms with Crippen LogP contribution in [0.2, 0.25) is 0 Å². The van der Waals surface area contributed by atoms with Crippen LogP contribution >= 0.6 is 0 Å². The first-order valence-electron chi connectivity index (χ1n) is 5.38. The van der Waals surface area contributed by atoms with E-state index in [0.717, 1.165) is 19.3 Å². The Balaban J connectivity index is 2.59. The minimum Gasteiger partial charge on any atom is -0.392 e. The van der Waals surface area contributed by atoms with Crippen molar-refractivity contribution in [1.29, 1.82) is 0 Å². The van der Waals surface area contributed by atoms with Crippen molar-refractivity contribution in [3.8, 4) is 0 Å². The van der Waals surface area contributed by atoms with E-state index in [9.17, 15) is 8.42 Å². The summed E-state index contributed by atoms with van der Waals surface area (Å²) in [4.78, 5) is 0. The minimum absolute atomic E-state index is 0.0604. The molecule has 90 valence electrons. The average molecular weight is 236 g/mol. The van der Waals surface area contributed by atoms with Gasteiger partial charge in [0, 0.05) is 19.1 Å². The lowest BCUT2D eigenvalue weighted by molar-refractivity contribution is 0.195. The molecule has 0 amide bonds. The number of hydrogen-bond acceptors (Lipinski definition) is 3. The molecule has 0 saturated carbocycles. The first-order valence-corrected chi connectivity index (χ1v) is 6.82. The highest BCUT2D eigenvalue weighted by Gasteiger charge is 2.29. The van der Waals surface area contributed by atoms with Crippen molar-refractivity contribution in [2.24, 2.45) is 0 Å². The molecule has 1 unspecified atom stereocenters. The number of aliphatic hydroxyl groups excluding tert-OH is 1. The van der Waals surface area contributed by atoms with Crippen molar-refractivity contribution in [3.63, 3.8) is 0 Å². The lowest BCUT2D eigenvalue weighted by Gasteiger charge is -2.32. The largest absolute Gasteiger partial charge is 0.392 e. The van der Waals surface area contributed by atoms with Gasteiger partial charge in [-0.05, 0) is 26.7 Å². The van der Waals surface area contributed by atoms with Gasteiger partial charge in [-0.3, -0.25) is 0 Å². The monoisotopic (exact) mass is 236 g/mol. The molecule has 2 N–H and O–H groups in total. The number of nitrogens with zero attached hydrogens (tertiary/aromatic N) is 1. The first-order chi connectivity index (χ1) is 6.93. The molecule has 1 saturated heterocycles. The maximum atomic E-state index is 11.8. The van der Waals surface area contributed by atoms with Gasteiger partial charge in [0.1, 0.15) is 0 Å². The summed E-state index contributed by atoms with van der Waals surface area (Å²) in [6.07, 6.45) is 2.26. The summed E-state index contributed by atoms with van der Waals surface area (Å²) in [6, 6.07) is 0.0604.